The second-order valence-electron chi connectivity index (χ2n) is 5.29. The predicted molar refractivity (Wildman–Crippen MR) is 73.0 cm³/mol. The van der Waals surface area contributed by atoms with Crippen molar-refractivity contribution >= 4 is 11.7 Å². The number of amides is 1. The smallest absolute Gasteiger partial charge is 0.249 e. The molecule has 19 heavy (non-hydrogen) atoms. The third-order valence-corrected chi connectivity index (χ3v) is 4.22. The standard InChI is InChI=1S/C13H25N3O3/c1-4-10-5-7-13(8-6-10,12(14)16-18)15-11(17)9(2)19-3/h9-10,18H,4-8H2,1-3H3,(H2,14,16)(H,15,17). The van der Waals surface area contributed by atoms with Crippen molar-refractivity contribution in [2.24, 2.45) is 16.8 Å². The molecule has 1 aliphatic rings. The molecule has 0 aromatic heterocycles. The van der Waals surface area contributed by atoms with Gasteiger partial charge >= 0.3 is 0 Å². The maximum atomic E-state index is 12.0. The number of carbonyl (C=O) groups excluding carboxylic acids is 1. The van der Waals surface area contributed by atoms with Gasteiger partial charge in [-0.25, -0.2) is 0 Å². The Kier molecular flexibility index (Phi) is 5.60. The molecule has 0 aliphatic heterocycles. The number of methoxy groups -OCH3 is 1. The van der Waals surface area contributed by atoms with Gasteiger partial charge in [-0.15, -0.1) is 0 Å². The van der Waals surface area contributed by atoms with Crippen LogP contribution in [0.5, 0.6) is 0 Å². The number of carbonyl (C=O) groups is 1. The minimum Gasteiger partial charge on any atom is -0.409 e. The summed E-state index contributed by atoms with van der Waals surface area (Å²) in [6, 6.07) is 0. The number of nitrogens with two attached hydrogens (primary N) is 1. The van der Waals surface area contributed by atoms with Gasteiger partial charge < -0.3 is 21.0 Å². The van der Waals surface area contributed by atoms with E-state index in [1.807, 2.05) is 0 Å². The normalized spacial score (nSPS) is 29.8. The Labute approximate surface area is 114 Å². The lowest BCUT2D eigenvalue weighted by Gasteiger charge is -2.40. The third kappa shape index (κ3) is 3.59. The first kappa shape index (κ1) is 15.8. The van der Waals surface area contributed by atoms with E-state index in [9.17, 15) is 4.79 Å². The summed E-state index contributed by atoms with van der Waals surface area (Å²) in [6.45, 7) is 3.83. The van der Waals surface area contributed by atoms with Crippen LogP contribution in [-0.4, -0.2) is 35.7 Å². The van der Waals surface area contributed by atoms with Crippen LogP contribution in [0.25, 0.3) is 0 Å². The summed E-state index contributed by atoms with van der Waals surface area (Å²) in [6.07, 6.45) is 3.90. The number of oxime groups is 1. The van der Waals surface area contributed by atoms with Gasteiger partial charge in [-0.1, -0.05) is 18.5 Å². The highest BCUT2D eigenvalue weighted by Gasteiger charge is 2.41. The van der Waals surface area contributed by atoms with Crippen molar-refractivity contribution in [3.05, 3.63) is 0 Å². The fourth-order valence-electron chi connectivity index (χ4n) is 2.56. The minimum absolute atomic E-state index is 0.0821. The molecule has 1 amide bonds. The van der Waals surface area contributed by atoms with Crippen LogP contribution in [-0.2, 0) is 9.53 Å². The van der Waals surface area contributed by atoms with E-state index < -0.39 is 11.6 Å². The average molecular weight is 271 g/mol. The van der Waals surface area contributed by atoms with Crippen LogP contribution in [0, 0.1) is 5.92 Å². The quantitative estimate of drug-likeness (QED) is 0.303. The predicted octanol–water partition coefficient (Wildman–Crippen LogP) is 1.22. The molecular formula is C13H25N3O3. The minimum atomic E-state index is -0.732. The summed E-state index contributed by atoms with van der Waals surface area (Å²) in [7, 11) is 1.48. The molecule has 110 valence electrons. The molecule has 0 saturated heterocycles. The third-order valence-electron chi connectivity index (χ3n) is 4.22. The van der Waals surface area contributed by atoms with Crippen LogP contribution < -0.4 is 11.1 Å². The van der Waals surface area contributed by atoms with Crippen molar-refractivity contribution in [1.82, 2.24) is 5.32 Å². The van der Waals surface area contributed by atoms with Crippen LogP contribution in [0.15, 0.2) is 5.16 Å². The van der Waals surface area contributed by atoms with Crippen molar-refractivity contribution in [3.63, 3.8) is 0 Å². The summed E-state index contributed by atoms with van der Waals surface area (Å²) >= 11 is 0. The fraction of sp³-hybridized carbons (Fsp3) is 0.846. The number of nitrogens with zero attached hydrogens (tertiary/aromatic N) is 1. The highest BCUT2D eigenvalue weighted by atomic mass is 16.5. The maximum absolute atomic E-state index is 12.0. The van der Waals surface area contributed by atoms with Crippen LogP contribution in [0.2, 0.25) is 0 Å². The summed E-state index contributed by atoms with van der Waals surface area (Å²) in [4.78, 5) is 12.0. The van der Waals surface area contributed by atoms with Crippen LogP contribution in [0.3, 0.4) is 0 Å². The van der Waals surface area contributed by atoms with Crippen molar-refractivity contribution in [3.8, 4) is 0 Å². The van der Waals surface area contributed by atoms with Gasteiger partial charge in [-0.3, -0.25) is 4.79 Å². The summed E-state index contributed by atoms with van der Waals surface area (Å²) in [5.41, 5.74) is 5.07. The molecule has 1 atom stereocenters. The first-order valence-corrected chi connectivity index (χ1v) is 6.82. The second-order valence-corrected chi connectivity index (χ2v) is 5.29. The summed E-state index contributed by atoms with van der Waals surface area (Å²) in [5.74, 6) is 0.499. The topological polar surface area (TPSA) is 96.9 Å². The van der Waals surface area contributed by atoms with Gasteiger partial charge in [0, 0.05) is 7.11 Å². The zero-order valence-electron chi connectivity index (χ0n) is 12.0. The van der Waals surface area contributed by atoms with E-state index in [0.29, 0.717) is 18.8 Å². The van der Waals surface area contributed by atoms with E-state index in [1.54, 1.807) is 6.92 Å². The largest absolute Gasteiger partial charge is 0.409 e. The van der Waals surface area contributed by atoms with Gasteiger partial charge in [0.25, 0.3) is 0 Å². The van der Waals surface area contributed by atoms with Crippen molar-refractivity contribution in [1.29, 1.82) is 0 Å². The van der Waals surface area contributed by atoms with E-state index in [1.165, 1.54) is 7.11 Å². The van der Waals surface area contributed by atoms with E-state index in [-0.39, 0.29) is 11.7 Å². The Morgan fingerprint density at radius 2 is 2.16 bits per heavy atom. The molecule has 1 rings (SSSR count). The monoisotopic (exact) mass is 271 g/mol. The van der Waals surface area contributed by atoms with Crippen molar-refractivity contribution in [2.45, 2.75) is 57.6 Å². The SMILES string of the molecule is CCC1CCC(NC(=O)C(C)OC)(C(N)=NO)CC1. The molecule has 6 nitrogen and oxygen atoms in total. The van der Waals surface area contributed by atoms with Crippen LogP contribution in [0.1, 0.15) is 46.0 Å². The Morgan fingerprint density at radius 3 is 2.58 bits per heavy atom. The molecule has 0 bridgehead atoms. The second kappa shape index (κ2) is 6.75. The van der Waals surface area contributed by atoms with Gasteiger partial charge in [-0.05, 0) is 38.5 Å². The van der Waals surface area contributed by atoms with Gasteiger partial charge in [0.15, 0.2) is 5.84 Å². The number of ether oxygens (including phenoxy) is 1. The number of nitrogens with one attached hydrogen (secondary N) is 1. The highest BCUT2D eigenvalue weighted by Crippen LogP contribution is 2.34. The average Bonchev–Trinajstić information content (AvgIpc) is 2.45. The molecule has 1 saturated carbocycles. The maximum Gasteiger partial charge on any atom is 0.249 e. The number of hydrogen-bond acceptors (Lipinski definition) is 4. The summed E-state index contributed by atoms with van der Waals surface area (Å²) < 4.78 is 5.00. The van der Waals surface area contributed by atoms with E-state index >= 15 is 0 Å². The van der Waals surface area contributed by atoms with E-state index in [4.69, 9.17) is 15.7 Å². The summed E-state index contributed by atoms with van der Waals surface area (Å²) in [5, 5.41) is 15.0. The molecule has 0 spiro atoms. The lowest BCUT2D eigenvalue weighted by molar-refractivity contribution is -0.131. The number of hydrogen-bond donors (Lipinski definition) is 3. The number of amidine groups is 1. The first-order valence-electron chi connectivity index (χ1n) is 6.82. The van der Waals surface area contributed by atoms with Crippen molar-refractivity contribution < 1.29 is 14.7 Å². The highest BCUT2D eigenvalue weighted by molar-refractivity contribution is 5.94. The Balaban J connectivity index is 2.82. The van der Waals surface area contributed by atoms with Crippen LogP contribution >= 0.6 is 0 Å². The Morgan fingerprint density at radius 1 is 1.58 bits per heavy atom. The molecule has 4 N–H and O–H groups in total. The van der Waals surface area contributed by atoms with Crippen LogP contribution in [0.4, 0.5) is 0 Å². The lowest BCUT2D eigenvalue weighted by Crippen LogP contribution is -2.60. The molecule has 0 aromatic rings. The van der Waals surface area contributed by atoms with Crippen molar-refractivity contribution in [2.75, 3.05) is 7.11 Å². The molecule has 1 aliphatic carbocycles. The molecular weight excluding hydrogens is 246 g/mol. The Bertz CT molecular complexity index is 336. The molecule has 0 heterocycles. The van der Waals surface area contributed by atoms with Gasteiger partial charge in [0.05, 0.1) is 0 Å². The molecule has 0 aromatic carbocycles. The zero-order valence-corrected chi connectivity index (χ0v) is 12.0. The van der Waals surface area contributed by atoms with Gasteiger partial charge in [-0.2, -0.15) is 0 Å². The molecule has 1 fully saturated rings. The number of rotatable bonds is 5. The molecule has 6 heteroatoms. The first-order chi connectivity index (χ1) is 8.99. The zero-order chi connectivity index (χ0) is 14.5. The lowest BCUT2D eigenvalue weighted by atomic mass is 9.75. The van der Waals surface area contributed by atoms with Gasteiger partial charge in [0.2, 0.25) is 5.91 Å². The van der Waals surface area contributed by atoms with E-state index in [0.717, 1.165) is 19.3 Å². The Hall–Kier alpha value is -1.30. The van der Waals surface area contributed by atoms with Gasteiger partial charge in [0.1, 0.15) is 11.6 Å². The molecule has 0 radical (unpaired) electrons. The molecule has 1 unspecified atom stereocenters. The fourth-order valence-corrected chi connectivity index (χ4v) is 2.56. The van der Waals surface area contributed by atoms with E-state index in [2.05, 4.69) is 17.4 Å².